The van der Waals surface area contributed by atoms with Gasteiger partial charge in [-0.25, -0.2) is 4.98 Å². The Labute approximate surface area is 103 Å². The number of carboxylic acids is 1. The van der Waals surface area contributed by atoms with Gasteiger partial charge in [0, 0.05) is 11.4 Å². The van der Waals surface area contributed by atoms with Crippen LogP contribution in [0.4, 0.5) is 5.13 Å². The number of aliphatic hydroxyl groups excluding tert-OH is 1. The molecule has 0 radical (unpaired) electrons. The van der Waals surface area contributed by atoms with Crippen molar-refractivity contribution in [3.63, 3.8) is 0 Å². The van der Waals surface area contributed by atoms with Crippen molar-refractivity contribution in [1.29, 1.82) is 0 Å². The molecule has 0 atom stereocenters. The molecular weight excluding hydrogens is 244 g/mol. The summed E-state index contributed by atoms with van der Waals surface area (Å²) >= 11 is 1.43. The van der Waals surface area contributed by atoms with Gasteiger partial charge >= 0.3 is 5.97 Å². The lowest BCUT2D eigenvalue weighted by atomic mass is 10.3. The Morgan fingerprint density at radius 2 is 2.29 bits per heavy atom. The normalized spacial score (nSPS) is 10.5. The van der Waals surface area contributed by atoms with Gasteiger partial charge in [-0.3, -0.25) is 4.79 Å². The van der Waals surface area contributed by atoms with E-state index in [1.807, 2.05) is 6.92 Å². The highest BCUT2D eigenvalue weighted by Gasteiger charge is 2.10. The van der Waals surface area contributed by atoms with Crippen molar-refractivity contribution in [3.05, 3.63) is 10.6 Å². The highest BCUT2D eigenvalue weighted by Crippen LogP contribution is 2.22. The number of rotatable bonds is 8. The SMILES string of the molecule is Cc1sc(NCCOCCO)nc1CC(=O)O. The molecule has 0 amide bonds. The summed E-state index contributed by atoms with van der Waals surface area (Å²) in [6.45, 7) is 3.25. The van der Waals surface area contributed by atoms with E-state index >= 15 is 0 Å². The van der Waals surface area contributed by atoms with E-state index in [1.165, 1.54) is 11.3 Å². The van der Waals surface area contributed by atoms with Crippen molar-refractivity contribution < 1.29 is 19.7 Å². The van der Waals surface area contributed by atoms with Gasteiger partial charge in [-0.2, -0.15) is 0 Å². The molecule has 0 aliphatic carbocycles. The highest BCUT2D eigenvalue weighted by molar-refractivity contribution is 7.15. The van der Waals surface area contributed by atoms with E-state index < -0.39 is 5.97 Å². The fourth-order valence-electron chi connectivity index (χ4n) is 1.21. The highest BCUT2D eigenvalue weighted by atomic mass is 32.1. The summed E-state index contributed by atoms with van der Waals surface area (Å²) in [6, 6.07) is 0. The largest absolute Gasteiger partial charge is 0.481 e. The Kier molecular flexibility index (Phi) is 5.88. The van der Waals surface area contributed by atoms with Gasteiger partial charge in [-0.05, 0) is 6.92 Å². The zero-order chi connectivity index (χ0) is 12.7. The number of aliphatic carboxylic acids is 1. The number of aryl methyl sites for hydroxylation is 1. The van der Waals surface area contributed by atoms with Crippen LogP contribution in [0.3, 0.4) is 0 Å². The minimum atomic E-state index is -0.878. The van der Waals surface area contributed by atoms with E-state index in [9.17, 15) is 4.79 Å². The minimum absolute atomic E-state index is 0.0130. The number of hydrogen-bond donors (Lipinski definition) is 3. The van der Waals surface area contributed by atoms with Crippen LogP contribution in [-0.2, 0) is 16.0 Å². The Morgan fingerprint density at radius 1 is 1.53 bits per heavy atom. The summed E-state index contributed by atoms with van der Waals surface area (Å²) in [5.41, 5.74) is 0.598. The molecule has 7 heteroatoms. The van der Waals surface area contributed by atoms with E-state index in [2.05, 4.69) is 10.3 Å². The Bertz CT molecular complexity index is 367. The number of hydrogen-bond acceptors (Lipinski definition) is 6. The third-order valence-corrected chi connectivity index (χ3v) is 2.94. The van der Waals surface area contributed by atoms with E-state index in [1.54, 1.807) is 0 Å². The van der Waals surface area contributed by atoms with Crippen LogP contribution in [0.5, 0.6) is 0 Å². The Balaban J connectivity index is 2.36. The number of nitrogens with zero attached hydrogens (tertiary/aromatic N) is 1. The fourth-order valence-corrected chi connectivity index (χ4v) is 2.06. The molecule has 1 aromatic heterocycles. The zero-order valence-corrected chi connectivity index (χ0v) is 10.4. The molecule has 0 aliphatic heterocycles. The van der Waals surface area contributed by atoms with Gasteiger partial charge in [-0.1, -0.05) is 0 Å². The Hall–Kier alpha value is -1.18. The predicted molar refractivity (Wildman–Crippen MR) is 64.6 cm³/mol. The number of thiazole rings is 1. The molecule has 0 spiro atoms. The number of carbonyl (C=O) groups is 1. The lowest BCUT2D eigenvalue weighted by Gasteiger charge is -2.02. The first-order chi connectivity index (χ1) is 8.13. The lowest BCUT2D eigenvalue weighted by molar-refractivity contribution is -0.136. The Morgan fingerprint density at radius 3 is 2.94 bits per heavy atom. The van der Waals surface area contributed by atoms with Gasteiger partial charge < -0.3 is 20.3 Å². The molecule has 1 aromatic rings. The topological polar surface area (TPSA) is 91.7 Å². The number of carboxylic acid groups (broad SMARTS) is 1. The number of nitrogens with one attached hydrogen (secondary N) is 1. The summed E-state index contributed by atoms with van der Waals surface area (Å²) < 4.78 is 5.08. The monoisotopic (exact) mass is 260 g/mol. The quantitative estimate of drug-likeness (QED) is 0.589. The average Bonchev–Trinajstić information content (AvgIpc) is 2.58. The van der Waals surface area contributed by atoms with Crippen LogP contribution in [0, 0.1) is 6.92 Å². The van der Waals surface area contributed by atoms with Gasteiger partial charge in [0.2, 0.25) is 0 Å². The molecule has 96 valence electrons. The molecule has 3 N–H and O–H groups in total. The second-order valence-electron chi connectivity index (χ2n) is 3.36. The van der Waals surface area contributed by atoms with Crippen LogP contribution in [-0.4, -0.2) is 47.5 Å². The molecule has 0 saturated carbocycles. The molecule has 17 heavy (non-hydrogen) atoms. The fraction of sp³-hybridized carbons (Fsp3) is 0.600. The lowest BCUT2D eigenvalue weighted by Crippen LogP contribution is -2.11. The molecular formula is C10H16N2O4S. The number of aliphatic hydroxyl groups is 1. The maximum Gasteiger partial charge on any atom is 0.309 e. The van der Waals surface area contributed by atoms with E-state index in [4.69, 9.17) is 14.9 Å². The third-order valence-electron chi connectivity index (χ3n) is 1.97. The molecule has 0 saturated heterocycles. The number of anilines is 1. The van der Waals surface area contributed by atoms with Crippen LogP contribution in [0.15, 0.2) is 0 Å². The maximum absolute atomic E-state index is 10.6. The molecule has 1 rings (SSSR count). The smallest absolute Gasteiger partial charge is 0.309 e. The van der Waals surface area contributed by atoms with Gasteiger partial charge in [0.15, 0.2) is 5.13 Å². The molecule has 6 nitrogen and oxygen atoms in total. The molecule has 0 unspecified atom stereocenters. The second-order valence-corrected chi connectivity index (χ2v) is 4.56. The molecule has 1 heterocycles. The van der Waals surface area contributed by atoms with Crippen LogP contribution >= 0.6 is 11.3 Å². The standard InChI is InChI=1S/C10H16N2O4S/c1-7-8(6-9(14)15)12-10(17-7)11-2-4-16-5-3-13/h13H,2-6H2,1H3,(H,11,12)(H,14,15). The first kappa shape index (κ1) is 13.9. The van der Waals surface area contributed by atoms with Crippen molar-refractivity contribution in [3.8, 4) is 0 Å². The van der Waals surface area contributed by atoms with E-state index in [-0.39, 0.29) is 13.0 Å². The van der Waals surface area contributed by atoms with Crippen LogP contribution in [0.25, 0.3) is 0 Å². The van der Waals surface area contributed by atoms with E-state index in [0.29, 0.717) is 30.6 Å². The maximum atomic E-state index is 10.6. The van der Waals surface area contributed by atoms with Crippen molar-refractivity contribution in [2.24, 2.45) is 0 Å². The average molecular weight is 260 g/mol. The molecule has 0 aromatic carbocycles. The summed E-state index contributed by atoms with van der Waals surface area (Å²) in [5, 5.41) is 20.9. The van der Waals surface area contributed by atoms with Crippen molar-refractivity contribution in [1.82, 2.24) is 4.98 Å². The van der Waals surface area contributed by atoms with Gasteiger partial charge in [0.25, 0.3) is 0 Å². The summed E-state index contributed by atoms with van der Waals surface area (Å²) in [7, 11) is 0. The van der Waals surface area contributed by atoms with Crippen LogP contribution in [0.2, 0.25) is 0 Å². The minimum Gasteiger partial charge on any atom is -0.481 e. The molecule has 0 aliphatic rings. The number of ether oxygens (including phenoxy) is 1. The zero-order valence-electron chi connectivity index (χ0n) is 9.60. The summed E-state index contributed by atoms with van der Waals surface area (Å²) in [6.07, 6.45) is -0.0506. The van der Waals surface area contributed by atoms with Crippen LogP contribution in [0.1, 0.15) is 10.6 Å². The van der Waals surface area contributed by atoms with Crippen molar-refractivity contribution >= 4 is 22.4 Å². The van der Waals surface area contributed by atoms with Gasteiger partial charge in [0.05, 0.1) is 31.9 Å². The third kappa shape index (κ3) is 5.12. The molecule has 0 bridgehead atoms. The van der Waals surface area contributed by atoms with Crippen molar-refractivity contribution in [2.75, 3.05) is 31.7 Å². The summed E-state index contributed by atoms with van der Waals surface area (Å²) in [4.78, 5) is 15.7. The molecule has 0 fully saturated rings. The predicted octanol–water partition coefficient (Wildman–Crippen LogP) is 0.499. The van der Waals surface area contributed by atoms with Crippen LogP contribution < -0.4 is 5.32 Å². The first-order valence-electron chi connectivity index (χ1n) is 5.24. The van der Waals surface area contributed by atoms with Gasteiger partial charge in [-0.15, -0.1) is 11.3 Å². The number of aromatic nitrogens is 1. The van der Waals surface area contributed by atoms with Gasteiger partial charge in [0.1, 0.15) is 0 Å². The summed E-state index contributed by atoms with van der Waals surface area (Å²) in [5.74, 6) is -0.878. The van der Waals surface area contributed by atoms with Crippen molar-refractivity contribution in [2.45, 2.75) is 13.3 Å². The van der Waals surface area contributed by atoms with E-state index in [0.717, 1.165) is 4.88 Å². The second kappa shape index (κ2) is 7.21. The first-order valence-corrected chi connectivity index (χ1v) is 6.05.